The summed E-state index contributed by atoms with van der Waals surface area (Å²) in [5.41, 5.74) is 2.17. The van der Waals surface area contributed by atoms with Gasteiger partial charge in [-0.05, 0) is 0 Å². The van der Waals surface area contributed by atoms with Crippen molar-refractivity contribution in [1.82, 2.24) is 9.84 Å². The van der Waals surface area contributed by atoms with E-state index in [4.69, 9.17) is 16.7 Å². The number of nitrogens with one attached hydrogen (secondary N) is 1. The third kappa shape index (κ3) is 5.30. The third-order valence-corrected chi connectivity index (χ3v) is 1.81. The van der Waals surface area contributed by atoms with Crippen molar-refractivity contribution in [2.24, 2.45) is 0 Å². The van der Waals surface area contributed by atoms with Crippen LogP contribution in [0.15, 0.2) is 0 Å². The van der Waals surface area contributed by atoms with Gasteiger partial charge in [0.05, 0.1) is 0 Å². The third-order valence-electron chi connectivity index (χ3n) is 0.906. The molecule has 0 aromatic heterocycles. The van der Waals surface area contributed by atoms with E-state index in [1.165, 1.54) is 0 Å². The van der Waals surface area contributed by atoms with Gasteiger partial charge in [0.25, 0.3) is 0 Å². The SMILES string of the molecule is O=C(O)CNN(CCCl)[SH](=O)=O. The number of carboxylic acid groups (broad SMARTS) is 1. The summed E-state index contributed by atoms with van der Waals surface area (Å²) in [6.45, 7) is -0.395. The summed E-state index contributed by atoms with van der Waals surface area (Å²) in [7, 11) is -2.83. The number of hydrogen-bond donors (Lipinski definition) is 3. The molecule has 0 aliphatic rings. The van der Waals surface area contributed by atoms with Crippen LogP contribution in [0.2, 0.25) is 0 Å². The zero-order chi connectivity index (χ0) is 9.56. The van der Waals surface area contributed by atoms with Crippen LogP contribution in [0.5, 0.6) is 0 Å². The summed E-state index contributed by atoms with van der Waals surface area (Å²) < 4.78 is 21.5. The Kier molecular flexibility index (Phi) is 5.99. The molecule has 0 bridgehead atoms. The van der Waals surface area contributed by atoms with E-state index in [0.717, 1.165) is 4.41 Å². The summed E-state index contributed by atoms with van der Waals surface area (Å²) >= 11 is 5.26. The molecule has 0 saturated heterocycles. The van der Waals surface area contributed by atoms with E-state index in [-0.39, 0.29) is 12.4 Å². The van der Waals surface area contributed by atoms with Gasteiger partial charge in [0.2, 0.25) is 10.9 Å². The normalized spacial score (nSPS) is 10.9. The van der Waals surface area contributed by atoms with Gasteiger partial charge in [0, 0.05) is 12.4 Å². The smallest absolute Gasteiger partial charge is 0.318 e. The zero-order valence-electron chi connectivity index (χ0n) is 6.07. The number of nitrogens with zero attached hydrogens (tertiary/aromatic N) is 1. The predicted octanol–water partition coefficient (Wildman–Crippen LogP) is -1.36. The lowest BCUT2D eigenvalue weighted by Crippen LogP contribution is -2.41. The van der Waals surface area contributed by atoms with Crippen LogP contribution in [0.25, 0.3) is 0 Å². The topological polar surface area (TPSA) is 86.7 Å². The van der Waals surface area contributed by atoms with Gasteiger partial charge in [0.15, 0.2) is 0 Å². The molecule has 0 aromatic rings. The van der Waals surface area contributed by atoms with E-state index in [9.17, 15) is 13.2 Å². The first kappa shape index (κ1) is 11.6. The first-order valence-corrected chi connectivity index (χ1v) is 4.67. The molecule has 0 unspecified atom stereocenters. The van der Waals surface area contributed by atoms with Gasteiger partial charge in [-0.1, -0.05) is 0 Å². The lowest BCUT2D eigenvalue weighted by molar-refractivity contribution is -0.136. The minimum atomic E-state index is -2.83. The number of rotatable bonds is 6. The molecule has 0 aliphatic carbocycles. The molecule has 0 amide bonds. The van der Waals surface area contributed by atoms with Crippen LogP contribution in [0, 0.1) is 0 Å². The molecule has 0 aromatic carbocycles. The van der Waals surface area contributed by atoms with Gasteiger partial charge < -0.3 is 5.11 Å². The first-order valence-electron chi connectivity index (χ1n) is 3.01. The average Bonchev–Trinajstić information content (AvgIpc) is 1.96. The summed E-state index contributed by atoms with van der Waals surface area (Å²) in [4.78, 5) is 10.0. The quantitative estimate of drug-likeness (QED) is 0.290. The van der Waals surface area contributed by atoms with Crippen molar-refractivity contribution in [2.45, 2.75) is 0 Å². The zero-order valence-corrected chi connectivity index (χ0v) is 7.72. The van der Waals surface area contributed by atoms with Crippen molar-refractivity contribution in [3.8, 4) is 0 Å². The highest BCUT2D eigenvalue weighted by atomic mass is 35.5. The molecule has 6 nitrogen and oxygen atoms in total. The fourth-order valence-corrected chi connectivity index (χ4v) is 1.19. The number of thiol groups is 1. The molecule has 0 fully saturated rings. The van der Waals surface area contributed by atoms with Crippen molar-refractivity contribution in [1.29, 1.82) is 0 Å². The highest BCUT2D eigenvalue weighted by molar-refractivity contribution is 7.69. The van der Waals surface area contributed by atoms with Gasteiger partial charge in [0.1, 0.15) is 6.54 Å². The Morgan fingerprint density at radius 1 is 1.58 bits per heavy atom. The van der Waals surface area contributed by atoms with E-state index in [2.05, 4.69) is 5.43 Å². The molecule has 0 rings (SSSR count). The number of alkyl halides is 1. The van der Waals surface area contributed by atoms with Crippen LogP contribution < -0.4 is 5.43 Å². The maximum Gasteiger partial charge on any atom is 0.318 e. The standard InChI is InChI=1S/C4H9ClN2O4S/c5-1-2-7(12(10)11)6-3-4(8)9/h6,12H,1-3H2,(H,8,9). The predicted molar refractivity (Wildman–Crippen MR) is 43.4 cm³/mol. The number of carbonyl (C=O) groups is 1. The van der Waals surface area contributed by atoms with Gasteiger partial charge in [-0.3, -0.25) is 4.79 Å². The summed E-state index contributed by atoms with van der Waals surface area (Å²) in [6.07, 6.45) is 0. The minimum Gasteiger partial charge on any atom is -0.480 e. The molecule has 0 radical (unpaired) electrons. The maximum absolute atomic E-state index is 10.4. The Balaban J connectivity index is 3.87. The highest BCUT2D eigenvalue weighted by Gasteiger charge is 2.06. The lowest BCUT2D eigenvalue weighted by atomic mass is 10.7. The molecular weight excluding hydrogens is 208 g/mol. The van der Waals surface area contributed by atoms with Gasteiger partial charge in [-0.2, -0.15) is 0 Å². The van der Waals surface area contributed by atoms with E-state index in [1.807, 2.05) is 0 Å². The summed E-state index contributed by atoms with van der Waals surface area (Å²) in [5, 5.41) is 8.19. The molecule has 2 N–H and O–H groups in total. The maximum atomic E-state index is 10.4. The number of carboxylic acids is 1. The second-order valence-corrected chi connectivity index (χ2v) is 3.12. The molecule has 0 atom stereocenters. The second-order valence-electron chi connectivity index (χ2n) is 1.78. The van der Waals surface area contributed by atoms with Crippen molar-refractivity contribution in [3.63, 3.8) is 0 Å². The van der Waals surface area contributed by atoms with Crippen LogP contribution in [-0.2, 0) is 15.7 Å². The van der Waals surface area contributed by atoms with E-state index in [0.29, 0.717) is 0 Å². The van der Waals surface area contributed by atoms with E-state index in [1.54, 1.807) is 0 Å². The second kappa shape index (κ2) is 6.18. The average molecular weight is 217 g/mol. The first-order chi connectivity index (χ1) is 5.57. The molecule has 72 valence electrons. The molecular formula is C4H9ClN2O4S. The van der Waals surface area contributed by atoms with Crippen molar-refractivity contribution in [2.75, 3.05) is 19.0 Å². The highest BCUT2D eigenvalue weighted by Crippen LogP contribution is 1.84. The molecule has 0 saturated carbocycles. The fraction of sp³-hybridized carbons (Fsp3) is 0.750. The fourth-order valence-electron chi connectivity index (χ4n) is 0.457. The van der Waals surface area contributed by atoms with Gasteiger partial charge >= 0.3 is 5.97 Å². The largest absolute Gasteiger partial charge is 0.480 e. The Morgan fingerprint density at radius 2 is 2.17 bits per heavy atom. The molecule has 0 aliphatic heterocycles. The van der Waals surface area contributed by atoms with Gasteiger partial charge in [-0.15, -0.1) is 16.0 Å². The summed E-state index contributed by atoms with van der Waals surface area (Å²) in [6, 6.07) is 0. The van der Waals surface area contributed by atoms with Crippen molar-refractivity contribution in [3.05, 3.63) is 0 Å². The lowest BCUT2D eigenvalue weighted by Gasteiger charge is -2.12. The van der Waals surface area contributed by atoms with Crippen molar-refractivity contribution >= 4 is 28.5 Å². The monoisotopic (exact) mass is 216 g/mol. The van der Waals surface area contributed by atoms with Crippen molar-refractivity contribution < 1.29 is 18.3 Å². The number of aliphatic carboxylic acids is 1. The van der Waals surface area contributed by atoms with E-state index < -0.39 is 23.4 Å². The summed E-state index contributed by atoms with van der Waals surface area (Å²) in [5.74, 6) is -1.03. The Morgan fingerprint density at radius 3 is 2.50 bits per heavy atom. The van der Waals surface area contributed by atoms with Crippen LogP contribution in [0.1, 0.15) is 0 Å². The Bertz CT molecular complexity index is 211. The molecule has 0 spiro atoms. The number of hydrazine groups is 1. The van der Waals surface area contributed by atoms with Crippen LogP contribution in [0.3, 0.4) is 0 Å². The Labute approximate surface area is 76.2 Å². The number of halogens is 1. The van der Waals surface area contributed by atoms with Gasteiger partial charge in [-0.25, -0.2) is 13.8 Å². The van der Waals surface area contributed by atoms with Crippen LogP contribution in [-0.4, -0.2) is 42.9 Å². The molecule has 8 heteroatoms. The van der Waals surface area contributed by atoms with Crippen LogP contribution >= 0.6 is 11.6 Å². The molecule has 0 heterocycles. The number of hydrogen-bond acceptors (Lipinski definition) is 4. The van der Waals surface area contributed by atoms with E-state index >= 15 is 0 Å². The van der Waals surface area contributed by atoms with Crippen LogP contribution in [0.4, 0.5) is 0 Å². The minimum absolute atomic E-state index is 0.0491. The molecule has 12 heavy (non-hydrogen) atoms. The Hall–Kier alpha value is -0.370.